The predicted octanol–water partition coefficient (Wildman–Crippen LogP) is 5.19. The summed E-state index contributed by atoms with van der Waals surface area (Å²) in [5, 5.41) is 3.57. The van der Waals surface area contributed by atoms with Gasteiger partial charge in [0.2, 0.25) is 0 Å². The van der Waals surface area contributed by atoms with Crippen LogP contribution in [0.15, 0.2) is 36.4 Å². The quantitative estimate of drug-likeness (QED) is 0.792. The van der Waals surface area contributed by atoms with Gasteiger partial charge < -0.3 is 10.1 Å². The number of hydrogen-bond acceptors (Lipinski definition) is 2. The molecule has 0 aliphatic carbocycles. The van der Waals surface area contributed by atoms with Crippen LogP contribution in [-0.4, -0.2) is 12.6 Å². The summed E-state index contributed by atoms with van der Waals surface area (Å²) in [6.07, 6.45) is 1.15. The van der Waals surface area contributed by atoms with Gasteiger partial charge in [-0.15, -0.1) is 0 Å². The first-order chi connectivity index (χ1) is 10.5. The third-order valence-corrected chi connectivity index (χ3v) is 4.03. The van der Waals surface area contributed by atoms with Crippen LogP contribution < -0.4 is 10.1 Å². The topological polar surface area (TPSA) is 21.3 Å². The second kappa shape index (κ2) is 7.35. The monoisotopic (exact) mass is 297 g/mol. The molecule has 0 fully saturated rings. The molecule has 2 aromatic rings. The van der Waals surface area contributed by atoms with E-state index in [9.17, 15) is 0 Å². The fraction of sp³-hybridized carbons (Fsp3) is 0.400. The molecular weight excluding hydrogens is 270 g/mol. The third-order valence-electron chi connectivity index (χ3n) is 4.03. The zero-order valence-electron chi connectivity index (χ0n) is 14.4. The lowest BCUT2D eigenvalue weighted by Crippen LogP contribution is -2.26. The average Bonchev–Trinajstić information content (AvgIpc) is 2.46. The summed E-state index contributed by atoms with van der Waals surface area (Å²) in [6.45, 7) is 11.5. The Balaban J connectivity index is 2.04. The molecule has 1 unspecified atom stereocenters. The number of hydrogen-bond donors (Lipinski definition) is 1. The Hall–Kier alpha value is -1.96. The molecule has 2 nitrogen and oxygen atoms in total. The lowest BCUT2D eigenvalue weighted by Gasteiger charge is -2.21. The molecule has 0 spiro atoms. The van der Waals surface area contributed by atoms with E-state index in [1.54, 1.807) is 0 Å². The van der Waals surface area contributed by atoms with E-state index in [1.807, 2.05) is 18.2 Å². The summed E-state index contributed by atoms with van der Waals surface area (Å²) < 4.78 is 6.16. The maximum absolute atomic E-state index is 6.16. The number of rotatable bonds is 6. The van der Waals surface area contributed by atoms with Crippen LogP contribution in [0, 0.1) is 27.7 Å². The molecule has 2 aromatic carbocycles. The van der Waals surface area contributed by atoms with Crippen LogP contribution in [-0.2, 0) is 0 Å². The van der Waals surface area contributed by atoms with E-state index >= 15 is 0 Å². The molecule has 0 aliphatic heterocycles. The second-order valence-corrected chi connectivity index (χ2v) is 6.07. The molecule has 0 amide bonds. The van der Waals surface area contributed by atoms with Gasteiger partial charge in [-0.1, -0.05) is 42.8 Å². The summed E-state index contributed by atoms with van der Waals surface area (Å²) >= 11 is 0. The molecule has 118 valence electrons. The van der Waals surface area contributed by atoms with Gasteiger partial charge in [0.15, 0.2) is 0 Å². The SMILES string of the molecule is CCC(CNc1c(C)cc(C)cc1C)Oc1ccccc1C. The normalized spacial score (nSPS) is 12.0. The van der Waals surface area contributed by atoms with Crippen LogP contribution in [0.3, 0.4) is 0 Å². The molecule has 0 saturated carbocycles. The van der Waals surface area contributed by atoms with E-state index in [-0.39, 0.29) is 6.10 Å². The van der Waals surface area contributed by atoms with Gasteiger partial charge in [-0.05, 0) is 56.9 Å². The maximum atomic E-state index is 6.16. The van der Waals surface area contributed by atoms with Crippen molar-refractivity contribution in [2.45, 2.75) is 47.1 Å². The smallest absolute Gasteiger partial charge is 0.122 e. The van der Waals surface area contributed by atoms with Gasteiger partial charge in [0, 0.05) is 5.69 Å². The molecule has 0 bridgehead atoms. The molecule has 2 heteroatoms. The van der Waals surface area contributed by atoms with Crippen molar-refractivity contribution >= 4 is 5.69 Å². The summed E-state index contributed by atoms with van der Waals surface area (Å²) in [6, 6.07) is 12.6. The fourth-order valence-electron chi connectivity index (χ4n) is 2.81. The fourth-order valence-corrected chi connectivity index (χ4v) is 2.81. The van der Waals surface area contributed by atoms with Gasteiger partial charge in [-0.2, -0.15) is 0 Å². The van der Waals surface area contributed by atoms with Crippen molar-refractivity contribution in [3.05, 3.63) is 58.7 Å². The van der Waals surface area contributed by atoms with E-state index in [0.29, 0.717) is 0 Å². The number of ether oxygens (including phenoxy) is 1. The van der Waals surface area contributed by atoms with E-state index in [4.69, 9.17) is 4.74 Å². The van der Waals surface area contributed by atoms with Crippen molar-refractivity contribution < 1.29 is 4.74 Å². The van der Waals surface area contributed by atoms with Crippen molar-refractivity contribution in [2.24, 2.45) is 0 Å². The number of aryl methyl sites for hydroxylation is 4. The van der Waals surface area contributed by atoms with Crippen molar-refractivity contribution in [3.8, 4) is 5.75 Å². The van der Waals surface area contributed by atoms with Gasteiger partial charge in [0.25, 0.3) is 0 Å². The Morgan fingerprint density at radius 1 is 0.955 bits per heavy atom. The molecule has 0 radical (unpaired) electrons. The summed E-state index contributed by atoms with van der Waals surface area (Å²) in [5.74, 6) is 0.980. The molecule has 0 aromatic heterocycles. The lowest BCUT2D eigenvalue weighted by atomic mass is 10.0. The van der Waals surface area contributed by atoms with E-state index < -0.39 is 0 Å². The van der Waals surface area contributed by atoms with Gasteiger partial charge >= 0.3 is 0 Å². The van der Waals surface area contributed by atoms with Crippen molar-refractivity contribution in [2.75, 3.05) is 11.9 Å². The van der Waals surface area contributed by atoms with E-state index in [1.165, 1.54) is 27.9 Å². The number of benzene rings is 2. The Kier molecular flexibility index (Phi) is 5.48. The molecule has 1 N–H and O–H groups in total. The predicted molar refractivity (Wildman–Crippen MR) is 95.0 cm³/mol. The maximum Gasteiger partial charge on any atom is 0.122 e. The molecule has 1 atom stereocenters. The Morgan fingerprint density at radius 3 is 2.18 bits per heavy atom. The van der Waals surface area contributed by atoms with Crippen LogP contribution in [0.25, 0.3) is 0 Å². The minimum absolute atomic E-state index is 0.168. The van der Waals surface area contributed by atoms with Gasteiger partial charge in [-0.3, -0.25) is 0 Å². The molecule has 22 heavy (non-hydrogen) atoms. The van der Waals surface area contributed by atoms with Gasteiger partial charge in [-0.25, -0.2) is 0 Å². The highest BCUT2D eigenvalue weighted by atomic mass is 16.5. The van der Waals surface area contributed by atoms with Crippen LogP contribution >= 0.6 is 0 Å². The molecule has 2 rings (SSSR count). The van der Waals surface area contributed by atoms with E-state index in [0.717, 1.165) is 18.7 Å². The van der Waals surface area contributed by atoms with Crippen molar-refractivity contribution in [1.82, 2.24) is 0 Å². The first kappa shape index (κ1) is 16.4. The highest BCUT2D eigenvalue weighted by Crippen LogP contribution is 2.23. The first-order valence-corrected chi connectivity index (χ1v) is 8.05. The van der Waals surface area contributed by atoms with Crippen LogP contribution in [0.4, 0.5) is 5.69 Å². The average molecular weight is 297 g/mol. The first-order valence-electron chi connectivity index (χ1n) is 8.05. The largest absolute Gasteiger partial charge is 0.488 e. The Labute approximate surface area is 134 Å². The van der Waals surface area contributed by atoms with Crippen molar-refractivity contribution in [1.29, 1.82) is 0 Å². The summed E-state index contributed by atoms with van der Waals surface area (Å²) in [4.78, 5) is 0. The zero-order valence-corrected chi connectivity index (χ0v) is 14.4. The standard InChI is InChI=1S/C20H27NO/c1-6-18(22-19-10-8-7-9-15(19)3)13-21-20-16(4)11-14(2)12-17(20)5/h7-12,18,21H,6,13H2,1-5H3. The minimum Gasteiger partial charge on any atom is -0.488 e. The molecular formula is C20H27NO. The Bertz CT molecular complexity index is 610. The van der Waals surface area contributed by atoms with Crippen LogP contribution in [0.1, 0.15) is 35.6 Å². The number of para-hydroxylation sites is 1. The van der Waals surface area contributed by atoms with Crippen LogP contribution in [0.5, 0.6) is 5.75 Å². The molecule has 0 saturated heterocycles. The van der Waals surface area contributed by atoms with Crippen LogP contribution in [0.2, 0.25) is 0 Å². The highest BCUT2D eigenvalue weighted by molar-refractivity contribution is 5.58. The zero-order chi connectivity index (χ0) is 16.1. The second-order valence-electron chi connectivity index (χ2n) is 6.07. The summed E-state index contributed by atoms with van der Waals surface area (Å²) in [5.41, 5.74) is 6.32. The van der Waals surface area contributed by atoms with Gasteiger partial charge in [0.05, 0.1) is 6.54 Å². The number of nitrogens with one attached hydrogen (secondary N) is 1. The minimum atomic E-state index is 0.168. The molecule has 0 heterocycles. The summed E-state index contributed by atoms with van der Waals surface area (Å²) in [7, 11) is 0. The van der Waals surface area contributed by atoms with E-state index in [2.05, 4.69) is 58.1 Å². The number of anilines is 1. The molecule has 0 aliphatic rings. The highest BCUT2D eigenvalue weighted by Gasteiger charge is 2.11. The van der Waals surface area contributed by atoms with Crippen molar-refractivity contribution in [3.63, 3.8) is 0 Å². The third kappa shape index (κ3) is 4.03. The van der Waals surface area contributed by atoms with Gasteiger partial charge in [0.1, 0.15) is 11.9 Å². The lowest BCUT2D eigenvalue weighted by molar-refractivity contribution is 0.208. The Morgan fingerprint density at radius 2 is 1.59 bits per heavy atom.